The van der Waals surface area contributed by atoms with Crippen LogP contribution in [0.3, 0.4) is 0 Å². The Balaban J connectivity index is 1.84. The lowest BCUT2D eigenvalue weighted by Gasteiger charge is -2.16. The minimum absolute atomic E-state index is 0.116. The van der Waals surface area contributed by atoms with E-state index >= 15 is 0 Å². The Hall–Kier alpha value is -1.94. The van der Waals surface area contributed by atoms with Crippen LogP contribution in [0, 0.1) is 12.7 Å². The normalized spacial score (nSPS) is 15.0. The Morgan fingerprint density at radius 2 is 1.91 bits per heavy atom. The lowest BCUT2D eigenvalue weighted by molar-refractivity contribution is 0.628. The van der Waals surface area contributed by atoms with E-state index in [1.165, 1.54) is 18.9 Å². The van der Waals surface area contributed by atoms with Crippen molar-refractivity contribution in [1.82, 2.24) is 9.97 Å². The molecule has 1 aliphatic heterocycles. The molecule has 2 aromatic rings. The molecule has 1 fully saturated rings. The lowest BCUT2D eigenvalue weighted by atomic mass is 10.2. The van der Waals surface area contributed by atoms with Gasteiger partial charge < -0.3 is 4.90 Å². The molecule has 0 saturated carbocycles. The highest BCUT2D eigenvalue weighted by molar-refractivity contribution is 6.30. The van der Waals surface area contributed by atoms with Gasteiger partial charge in [0.2, 0.25) is 0 Å². The number of halogens is 2. The molecule has 0 aliphatic carbocycles. The van der Waals surface area contributed by atoms with Crippen LogP contribution in [0.1, 0.15) is 29.9 Å². The third kappa shape index (κ3) is 3.45. The average Bonchev–Trinajstić information content (AvgIpc) is 3.02. The molecule has 5 heteroatoms. The van der Waals surface area contributed by atoms with Gasteiger partial charge in [0.25, 0.3) is 0 Å². The number of benzene rings is 1. The molecule has 1 saturated heterocycles. The third-order valence-corrected chi connectivity index (χ3v) is 3.95. The van der Waals surface area contributed by atoms with Crippen LogP contribution in [0.5, 0.6) is 0 Å². The maximum Gasteiger partial charge on any atom is 0.154 e. The number of anilines is 1. The van der Waals surface area contributed by atoms with Crippen molar-refractivity contribution in [3.8, 4) is 0 Å². The summed E-state index contributed by atoms with van der Waals surface area (Å²) in [7, 11) is 0. The topological polar surface area (TPSA) is 29.0 Å². The number of hydrogen-bond donors (Lipinski definition) is 0. The van der Waals surface area contributed by atoms with E-state index in [0.717, 1.165) is 30.2 Å². The Morgan fingerprint density at radius 1 is 1.14 bits per heavy atom. The summed E-state index contributed by atoms with van der Waals surface area (Å²) >= 11 is 5.79. The molecule has 0 unspecified atom stereocenters. The van der Waals surface area contributed by atoms with Crippen LogP contribution in [0.2, 0.25) is 5.02 Å². The molecule has 0 radical (unpaired) electrons. The van der Waals surface area contributed by atoms with Crippen LogP contribution in [-0.4, -0.2) is 23.1 Å². The van der Waals surface area contributed by atoms with Gasteiger partial charge in [-0.05, 0) is 43.5 Å². The summed E-state index contributed by atoms with van der Waals surface area (Å²) in [6.45, 7) is 4.06. The quantitative estimate of drug-likeness (QED) is 0.843. The second-order valence-electron chi connectivity index (χ2n) is 5.43. The minimum Gasteiger partial charge on any atom is -0.356 e. The first-order valence-corrected chi connectivity index (χ1v) is 7.73. The van der Waals surface area contributed by atoms with Crippen LogP contribution < -0.4 is 4.90 Å². The lowest BCUT2D eigenvalue weighted by Crippen LogP contribution is -2.19. The molecule has 0 atom stereocenters. The van der Waals surface area contributed by atoms with Crippen LogP contribution in [0.25, 0.3) is 12.2 Å². The molecule has 0 amide bonds. The zero-order chi connectivity index (χ0) is 15.5. The molecule has 114 valence electrons. The molecular weight excluding hydrogens is 301 g/mol. The molecular formula is C17H17ClFN3. The fourth-order valence-electron chi connectivity index (χ4n) is 2.54. The number of aryl methyl sites for hydroxylation is 1. The Morgan fingerprint density at radius 3 is 2.64 bits per heavy atom. The highest BCUT2D eigenvalue weighted by Crippen LogP contribution is 2.20. The molecule has 0 bridgehead atoms. The van der Waals surface area contributed by atoms with Gasteiger partial charge in [0.15, 0.2) is 5.82 Å². The summed E-state index contributed by atoms with van der Waals surface area (Å²) in [6, 6.07) is 6.63. The summed E-state index contributed by atoms with van der Waals surface area (Å²) in [5.41, 5.74) is 1.76. The fourth-order valence-corrected chi connectivity index (χ4v) is 2.73. The predicted molar refractivity (Wildman–Crippen MR) is 88.6 cm³/mol. The van der Waals surface area contributed by atoms with E-state index in [0.29, 0.717) is 5.82 Å². The molecule has 2 heterocycles. The van der Waals surface area contributed by atoms with Crippen LogP contribution in [0.4, 0.5) is 10.2 Å². The number of hydrogen-bond acceptors (Lipinski definition) is 3. The average molecular weight is 318 g/mol. The molecule has 22 heavy (non-hydrogen) atoms. The van der Waals surface area contributed by atoms with Crippen molar-refractivity contribution in [2.24, 2.45) is 0 Å². The van der Waals surface area contributed by atoms with Crippen molar-refractivity contribution < 1.29 is 4.39 Å². The SMILES string of the molecule is Cc1cc(N2CCCC2)nc(/C=C/c2ccc(F)c(Cl)c2)n1. The second kappa shape index (κ2) is 6.44. The summed E-state index contributed by atoms with van der Waals surface area (Å²) in [4.78, 5) is 11.3. The van der Waals surface area contributed by atoms with E-state index in [4.69, 9.17) is 11.6 Å². The molecule has 0 spiro atoms. The van der Waals surface area contributed by atoms with Gasteiger partial charge in [-0.25, -0.2) is 14.4 Å². The van der Waals surface area contributed by atoms with E-state index in [2.05, 4.69) is 14.9 Å². The van der Waals surface area contributed by atoms with Gasteiger partial charge in [-0.3, -0.25) is 0 Å². The number of rotatable bonds is 3. The molecule has 3 nitrogen and oxygen atoms in total. The van der Waals surface area contributed by atoms with Crippen molar-refractivity contribution in [2.75, 3.05) is 18.0 Å². The highest BCUT2D eigenvalue weighted by atomic mass is 35.5. The predicted octanol–water partition coefficient (Wildman–Crippen LogP) is 4.35. The van der Waals surface area contributed by atoms with Gasteiger partial charge in [-0.15, -0.1) is 0 Å². The number of aromatic nitrogens is 2. The monoisotopic (exact) mass is 317 g/mol. The van der Waals surface area contributed by atoms with E-state index in [9.17, 15) is 4.39 Å². The number of nitrogens with zero attached hydrogens (tertiary/aromatic N) is 3. The van der Waals surface area contributed by atoms with Gasteiger partial charge in [0, 0.05) is 24.8 Å². The molecule has 1 aromatic heterocycles. The van der Waals surface area contributed by atoms with Crippen molar-refractivity contribution >= 4 is 29.6 Å². The van der Waals surface area contributed by atoms with Gasteiger partial charge in [0.05, 0.1) is 5.02 Å². The summed E-state index contributed by atoms with van der Waals surface area (Å²) in [5.74, 6) is 1.21. The van der Waals surface area contributed by atoms with Crippen molar-refractivity contribution in [3.63, 3.8) is 0 Å². The largest absolute Gasteiger partial charge is 0.356 e. The Labute approximate surface area is 134 Å². The summed E-state index contributed by atoms with van der Waals surface area (Å²) in [5, 5.41) is 0.116. The Bertz CT molecular complexity index is 709. The van der Waals surface area contributed by atoms with Gasteiger partial charge >= 0.3 is 0 Å². The third-order valence-electron chi connectivity index (χ3n) is 3.66. The maximum absolute atomic E-state index is 13.2. The van der Waals surface area contributed by atoms with Gasteiger partial charge in [-0.2, -0.15) is 0 Å². The van der Waals surface area contributed by atoms with Crippen LogP contribution in [0.15, 0.2) is 24.3 Å². The van der Waals surface area contributed by atoms with Gasteiger partial charge in [0.1, 0.15) is 11.6 Å². The molecule has 3 rings (SSSR count). The van der Waals surface area contributed by atoms with Crippen molar-refractivity contribution in [1.29, 1.82) is 0 Å². The van der Waals surface area contributed by atoms with Crippen LogP contribution in [-0.2, 0) is 0 Å². The zero-order valence-electron chi connectivity index (χ0n) is 12.4. The van der Waals surface area contributed by atoms with Crippen molar-refractivity contribution in [3.05, 3.63) is 52.2 Å². The first-order chi connectivity index (χ1) is 10.6. The first-order valence-electron chi connectivity index (χ1n) is 7.35. The zero-order valence-corrected chi connectivity index (χ0v) is 13.1. The maximum atomic E-state index is 13.2. The Kier molecular flexibility index (Phi) is 4.39. The van der Waals surface area contributed by atoms with E-state index < -0.39 is 5.82 Å². The van der Waals surface area contributed by atoms with E-state index in [1.807, 2.05) is 25.1 Å². The highest BCUT2D eigenvalue weighted by Gasteiger charge is 2.14. The smallest absolute Gasteiger partial charge is 0.154 e. The van der Waals surface area contributed by atoms with E-state index in [1.54, 1.807) is 12.1 Å². The second-order valence-corrected chi connectivity index (χ2v) is 5.83. The molecule has 1 aliphatic rings. The fraction of sp³-hybridized carbons (Fsp3) is 0.294. The summed E-state index contributed by atoms with van der Waals surface area (Å²) in [6.07, 6.45) is 6.09. The van der Waals surface area contributed by atoms with Crippen LogP contribution >= 0.6 is 11.6 Å². The van der Waals surface area contributed by atoms with Gasteiger partial charge in [-0.1, -0.05) is 23.7 Å². The van der Waals surface area contributed by atoms with Crippen molar-refractivity contribution in [2.45, 2.75) is 19.8 Å². The first kappa shape index (κ1) is 15.0. The summed E-state index contributed by atoms with van der Waals surface area (Å²) < 4.78 is 13.2. The molecule has 0 N–H and O–H groups in total. The minimum atomic E-state index is -0.415. The van der Waals surface area contributed by atoms with E-state index in [-0.39, 0.29) is 5.02 Å². The standard InChI is InChI=1S/C17H17ClFN3/c1-12-10-17(22-8-2-3-9-22)21-16(20-12)7-5-13-4-6-15(19)14(18)11-13/h4-7,10-11H,2-3,8-9H2,1H3/b7-5+. The molecule has 1 aromatic carbocycles.